The molecule has 24 heavy (non-hydrogen) atoms. The fraction of sp³-hybridized carbons (Fsp3) is 0.222. The number of nitrogens with one attached hydrogen (secondary N) is 2. The highest BCUT2D eigenvalue weighted by atomic mass is 16.5. The van der Waals surface area contributed by atoms with Gasteiger partial charge in [-0.2, -0.15) is 0 Å². The molecule has 0 aliphatic heterocycles. The molecule has 0 radical (unpaired) electrons. The van der Waals surface area contributed by atoms with Gasteiger partial charge < -0.3 is 9.64 Å². The maximum atomic E-state index is 12.0. The summed E-state index contributed by atoms with van der Waals surface area (Å²) in [5, 5.41) is 0. The normalized spacial score (nSPS) is 9.96. The van der Waals surface area contributed by atoms with Gasteiger partial charge in [-0.15, -0.1) is 0 Å². The number of hydrogen-bond donors (Lipinski definition) is 2. The minimum atomic E-state index is -0.435. The fourth-order valence-electron chi connectivity index (χ4n) is 2.00. The number of hydrogen-bond acceptors (Lipinski definition) is 4. The third-order valence-corrected chi connectivity index (χ3v) is 3.32. The van der Waals surface area contributed by atoms with E-state index in [1.54, 1.807) is 18.2 Å². The van der Waals surface area contributed by atoms with Crippen molar-refractivity contribution in [2.75, 3.05) is 25.6 Å². The number of aryl methyl sites for hydroxylation is 1. The first-order valence-corrected chi connectivity index (χ1v) is 7.52. The summed E-state index contributed by atoms with van der Waals surface area (Å²) in [5.41, 5.74) is 7.18. The molecule has 0 saturated heterocycles. The number of benzene rings is 2. The summed E-state index contributed by atoms with van der Waals surface area (Å²) >= 11 is 0. The predicted octanol–water partition coefficient (Wildman–Crippen LogP) is 1.90. The van der Waals surface area contributed by atoms with Gasteiger partial charge in [-0.3, -0.25) is 20.4 Å². The molecule has 2 aromatic rings. The van der Waals surface area contributed by atoms with Crippen molar-refractivity contribution in [2.45, 2.75) is 6.92 Å². The lowest BCUT2D eigenvalue weighted by Gasteiger charge is -2.13. The van der Waals surface area contributed by atoms with Crippen LogP contribution in [0.5, 0.6) is 5.75 Å². The molecule has 6 nitrogen and oxygen atoms in total. The van der Waals surface area contributed by atoms with E-state index in [0.29, 0.717) is 11.3 Å². The van der Waals surface area contributed by atoms with E-state index in [-0.39, 0.29) is 12.5 Å². The lowest BCUT2D eigenvalue weighted by atomic mass is 10.2. The standard InChI is InChI=1S/C18H21N3O3/c1-13-5-4-6-16(11-13)24-12-17(22)19-20-18(23)14-7-9-15(10-8-14)21(2)3/h4-11H,12H2,1-3H3,(H,19,22)(H,20,23). The monoisotopic (exact) mass is 327 g/mol. The van der Waals surface area contributed by atoms with Crippen LogP contribution in [0.4, 0.5) is 5.69 Å². The highest BCUT2D eigenvalue weighted by Crippen LogP contribution is 2.12. The summed E-state index contributed by atoms with van der Waals surface area (Å²) < 4.78 is 5.36. The van der Waals surface area contributed by atoms with E-state index in [1.807, 2.05) is 56.3 Å². The van der Waals surface area contributed by atoms with Gasteiger partial charge in [0.25, 0.3) is 11.8 Å². The molecule has 2 amide bonds. The molecule has 126 valence electrons. The van der Waals surface area contributed by atoms with Crippen molar-refractivity contribution < 1.29 is 14.3 Å². The topological polar surface area (TPSA) is 70.7 Å². The SMILES string of the molecule is Cc1cccc(OCC(=O)NNC(=O)c2ccc(N(C)C)cc2)c1. The Labute approximate surface area is 141 Å². The van der Waals surface area contributed by atoms with Crippen LogP contribution >= 0.6 is 0 Å². The van der Waals surface area contributed by atoms with E-state index in [4.69, 9.17) is 4.74 Å². The Bertz CT molecular complexity index is 712. The molecule has 0 aliphatic rings. The van der Waals surface area contributed by atoms with E-state index >= 15 is 0 Å². The fourth-order valence-corrected chi connectivity index (χ4v) is 2.00. The van der Waals surface area contributed by atoms with Gasteiger partial charge in [0, 0.05) is 25.3 Å². The quantitative estimate of drug-likeness (QED) is 0.823. The van der Waals surface area contributed by atoms with Crippen LogP contribution in [0.2, 0.25) is 0 Å². The number of anilines is 1. The van der Waals surface area contributed by atoms with Crippen LogP contribution in [0.15, 0.2) is 48.5 Å². The van der Waals surface area contributed by atoms with Crippen LogP contribution in [0.1, 0.15) is 15.9 Å². The molecule has 0 heterocycles. The molecule has 0 spiro atoms. The van der Waals surface area contributed by atoms with Crippen molar-refractivity contribution in [1.82, 2.24) is 10.9 Å². The van der Waals surface area contributed by atoms with Crippen LogP contribution in [-0.2, 0) is 4.79 Å². The second-order valence-electron chi connectivity index (χ2n) is 5.55. The Balaban J connectivity index is 1.79. The van der Waals surface area contributed by atoms with Gasteiger partial charge in [0.05, 0.1) is 0 Å². The number of carbonyl (C=O) groups is 2. The summed E-state index contributed by atoms with van der Waals surface area (Å²) in [5.74, 6) is -0.213. The summed E-state index contributed by atoms with van der Waals surface area (Å²) in [6.45, 7) is 1.76. The van der Waals surface area contributed by atoms with Crippen molar-refractivity contribution in [1.29, 1.82) is 0 Å². The average Bonchev–Trinajstić information content (AvgIpc) is 2.58. The zero-order valence-electron chi connectivity index (χ0n) is 14.0. The van der Waals surface area contributed by atoms with Crippen LogP contribution in [0.25, 0.3) is 0 Å². The summed E-state index contributed by atoms with van der Waals surface area (Å²) in [6, 6.07) is 14.4. The number of ether oxygens (including phenoxy) is 1. The van der Waals surface area contributed by atoms with E-state index in [9.17, 15) is 9.59 Å². The number of hydrazine groups is 1. The van der Waals surface area contributed by atoms with Gasteiger partial charge >= 0.3 is 0 Å². The van der Waals surface area contributed by atoms with Crippen LogP contribution in [0.3, 0.4) is 0 Å². The minimum absolute atomic E-state index is 0.177. The van der Waals surface area contributed by atoms with Crippen molar-refractivity contribution in [3.63, 3.8) is 0 Å². The molecule has 2 rings (SSSR count). The van der Waals surface area contributed by atoms with E-state index in [0.717, 1.165) is 11.3 Å². The lowest BCUT2D eigenvalue weighted by Crippen LogP contribution is -2.43. The second-order valence-corrected chi connectivity index (χ2v) is 5.55. The van der Waals surface area contributed by atoms with E-state index < -0.39 is 5.91 Å². The smallest absolute Gasteiger partial charge is 0.276 e. The largest absolute Gasteiger partial charge is 0.484 e. The number of carbonyl (C=O) groups excluding carboxylic acids is 2. The highest BCUT2D eigenvalue weighted by Gasteiger charge is 2.08. The van der Waals surface area contributed by atoms with Crippen LogP contribution < -0.4 is 20.5 Å². The molecule has 0 aliphatic carbocycles. The zero-order valence-corrected chi connectivity index (χ0v) is 14.0. The van der Waals surface area contributed by atoms with Gasteiger partial charge in [-0.1, -0.05) is 12.1 Å². The minimum Gasteiger partial charge on any atom is -0.484 e. The Morgan fingerprint density at radius 1 is 1.04 bits per heavy atom. The van der Waals surface area contributed by atoms with Crippen LogP contribution in [-0.4, -0.2) is 32.5 Å². The van der Waals surface area contributed by atoms with Crippen molar-refractivity contribution in [3.05, 3.63) is 59.7 Å². The molecule has 0 bridgehead atoms. The molecule has 0 atom stereocenters. The molecule has 0 aromatic heterocycles. The van der Waals surface area contributed by atoms with Gasteiger partial charge in [-0.05, 0) is 48.9 Å². The molecule has 0 unspecified atom stereocenters. The van der Waals surface area contributed by atoms with Crippen molar-refractivity contribution in [2.24, 2.45) is 0 Å². The first-order chi connectivity index (χ1) is 11.5. The molecule has 2 N–H and O–H groups in total. The maximum Gasteiger partial charge on any atom is 0.276 e. The van der Waals surface area contributed by atoms with E-state index in [1.165, 1.54) is 0 Å². The molecule has 2 aromatic carbocycles. The summed E-state index contributed by atoms with van der Waals surface area (Å²) in [4.78, 5) is 25.6. The second kappa shape index (κ2) is 8.01. The van der Waals surface area contributed by atoms with Crippen LogP contribution in [0, 0.1) is 6.92 Å². The average molecular weight is 327 g/mol. The molecular formula is C18H21N3O3. The maximum absolute atomic E-state index is 12.0. The lowest BCUT2D eigenvalue weighted by molar-refractivity contribution is -0.123. The third-order valence-electron chi connectivity index (χ3n) is 3.32. The summed E-state index contributed by atoms with van der Waals surface area (Å²) in [7, 11) is 3.84. The first kappa shape index (κ1) is 17.3. The molecular weight excluding hydrogens is 306 g/mol. The highest BCUT2D eigenvalue weighted by molar-refractivity contribution is 5.95. The number of amides is 2. The van der Waals surface area contributed by atoms with Crippen molar-refractivity contribution in [3.8, 4) is 5.75 Å². The Morgan fingerprint density at radius 3 is 2.38 bits per heavy atom. The third kappa shape index (κ3) is 5.01. The first-order valence-electron chi connectivity index (χ1n) is 7.52. The predicted molar refractivity (Wildman–Crippen MR) is 93.1 cm³/mol. The van der Waals surface area contributed by atoms with Crippen molar-refractivity contribution >= 4 is 17.5 Å². The Hall–Kier alpha value is -3.02. The Kier molecular flexibility index (Phi) is 5.78. The zero-order chi connectivity index (χ0) is 17.5. The number of rotatable bonds is 5. The van der Waals surface area contributed by atoms with Gasteiger partial charge in [0.1, 0.15) is 5.75 Å². The van der Waals surface area contributed by atoms with Gasteiger partial charge in [0.2, 0.25) is 0 Å². The van der Waals surface area contributed by atoms with Gasteiger partial charge in [0.15, 0.2) is 6.61 Å². The summed E-state index contributed by atoms with van der Waals surface area (Å²) in [6.07, 6.45) is 0. The van der Waals surface area contributed by atoms with E-state index in [2.05, 4.69) is 10.9 Å². The molecule has 0 saturated carbocycles. The Morgan fingerprint density at radius 2 is 1.75 bits per heavy atom. The molecule has 6 heteroatoms. The number of nitrogens with zero attached hydrogens (tertiary/aromatic N) is 1. The molecule has 0 fully saturated rings. The van der Waals surface area contributed by atoms with Gasteiger partial charge in [-0.25, -0.2) is 0 Å².